The van der Waals surface area contributed by atoms with Crippen LogP contribution in [0.3, 0.4) is 0 Å². The molecule has 66 valence electrons. The Kier molecular flexibility index (Phi) is 2.78. The summed E-state index contributed by atoms with van der Waals surface area (Å²) in [4.78, 5) is 10.5. The summed E-state index contributed by atoms with van der Waals surface area (Å²) in [7, 11) is 1.23. The van der Waals surface area contributed by atoms with E-state index in [1.165, 1.54) is 18.6 Å². The number of halogens is 1. The van der Waals surface area contributed by atoms with Crippen LogP contribution in [0.15, 0.2) is 11.4 Å². The van der Waals surface area contributed by atoms with Crippen LogP contribution in [0.4, 0.5) is 4.39 Å². The van der Waals surface area contributed by atoms with Crippen LogP contribution < -0.4 is 0 Å². The van der Waals surface area contributed by atoms with E-state index in [1.807, 2.05) is 0 Å². The largest absolute Gasteiger partial charge is 0.479 e. The highest BCUT2D eigenvalue weighted by molar-refractivity contribution is 7.08. The molecule has 0 radical (unpaired) electrons. The van der Waals surface area contributed by atoms with Gasteiger partial charge in [-0.25, -0.2) is 4.79 Å². The minimum atomic E-state index is -1.20. The van der Waals surface area contributed by atoms with E-state index in [0.717, 1.165) is 11.3 Å². The van der Waals surface area contributed by atoms with Gasteiger partial charge in [0.2, 0.25) is 0 Å². The van der Waals surface area contributed by atoms with Gasteiger partial charge in [-0.15, -0.1) is 11.3 Å². The zero-order chi connectivity index (χ0) is 9.14. The normalized spacial score (nSPS) is 12.8. The molecule has 1 unspecified atom stereocenters. The molecule has 1 N–H and O–H groups in total. The van der Waals surface area contributed by atoms with E-state index in [-0.39, 0.29) is 5.56 Å². The van der Waals surface area contributed by atoms with Crippen molar-refractivity contribution in [3.63, 3.8) is 0 Å². The second-order valence-corrected chi connectivity index (χ2v) is 2.97. The number of hydrogen-bond donors (Lipinski definition) is 1. The third-order valence-corrected chi connectivity index (χ3v) is 2.10. The van der Waals surface area contributed by atoms with Gasteiger partial charge in [0.05, 0.1) is 0 Å². The summed E-state index contributed by atoms with van der Waals surface area (Å²) in [5, 5.41) is 9.56. The summed E-state index contributed by atoms with van der Waals surface area (Å²) < 4.78 is 17.4. The fourth-order valence-electron chi connectivity index (χ4n) is 0.852. The summed E-state index contributed by atoms with van der Waals surface area (Å²) >= 11 is 0.856. The molecule has 12 heavy (non-hydrogen) atoms. The number of carbonyl (C=O) groups is 1. The molecule has 0 saturated carbocycles. The Morgan fingerprint density at radius 1 is 1.83 bits per heavy atom. The Morgan fingerprint density at radius 3 is 2.83 bits per heavy atom. The minimum Gasteiger partial charge on any atom is -0.479 e. The van der Waals surface area contributed by atoms with Crippen molar-refractivity contribution in [3.8, 4) is 0 Å². The number of rotatable bonds is 3. The molecule has 1 atom stereocenters. The number of ether oxygens (including phenoxy) is 1. The lowest BCUT2D eigenvalue weighted by Gasteiger charge is -2.07. The van der Waals surface area contributed by atoms with Crippen LogP contribution in [0.1, 0.15) is 11.7 Å². The van der Waals surface area contributed by atoms with Gasteiger partial charge in [0.25, 0.3) is 0 Å². The van der Waals surface area contributed by atoms with Crippen LogP contribution in [0.5, 0.6) is 0 Å². The van der Waals surface area contributed by atoms with Crippen molar-refractivity contribution in [3.05, 3.63) is 22.1 Å². The van der Waals surface area contributed by atoms with Crippen LogP contribution in [0.2, 0.25) is 0 Å². The lowest BCUT2D eigenvalue weighted by molar-refractivity contribution is -0.149. The van der Waals surface area contributed by atoms with E-state index >= 15 is 0 Å². The number of hydrogen-bond acceptors (Lipinski definition) is 3. The number of aliphatic carboxylic acids is 1. The fourth-order valence-corrected chi connectivity index (χ4v) is 1.50. The summed E-state index contributed by atoms with van der Waals surface area (Å²) in [6.45, 7) is 0. The maximum atomic E-state index is 12.8. The highest BCUT2D eigenvalue weighted by atomic mass is 32.1. The number of methoxy groups -OCH3 is 1. The average molecular weight is 190 g/mol. The van der Waals surface area contributed by atoms with Gasteiger partial charge < -0.3 is 9.84 Å². The predicted molar refractivity (Wildman–Crippen MR) is 41.7 cm³/mol. The van der Waals surface area contributed by atoms with Gasteiger partial charge in [-0.05, 0) is 11.4 Å². The quantitative estimate of drug-likeness (QED) is 0.788. The number of carboxylic acid groups (broad SMARTS) is 1. The Balaban J connectivity index is 2.94. The van der Waals surface area contributed by atoms with Gasteiger partial charge in [0.15, 0.2) is 11.2 Å². The monoisotopic (exact) mass is 190 g/mol. The zero-order valence-corrected chi connectivity index (χ0v) is 7.10. The molecule has 3 nitrogen and oxygen atoms in total. The third-order valence-electron chi connectivity index (χ3n) is 1.39. The Morgan fingerprint density at radius 2 is 2.50 bits per heavy atom. The molecule has 5 heteroatoms. The molecule has 1 heterocycles. The molecular formula is C7H7FO3S. The first-order valence-corrected chi connectivity index (χ1v) is 4.03. The first-order valence-electron chi connectivity index (χ1n) is 3.15. The molecule has 0 aliphatic heterocycles. The maximum Gasteiger partial charge on any atom is 0.337 e. The molecule has 0 aliphatic carbocycles. The molecule has 0 saturated heterocycles. The first kappa shape index (κ1) is 9.15. The second kappa shape index (κ2) is 3.64. The molecule has 0 amide bonds. The van der Waals surface area contributed by atoms with Crippen molar-refractivity contribution in [1.29, 1.82) is 0 Å². The van der Waals surface area contributed by atoms with Crippen molar-refractivity contribution in [2.75, 3.05) is 7.11 Å². The van der Waals surface area contributed by atoms with E-state index in [0.29, 0.717) is 0 Å². The smallest absolute Gasteiger partial charge is 0.337 e. The first-order chi connectivity index (χ1) is 5.66. The van der Waals surface area contributed by atoms with E-state index in [4.69, 9.17) is 5.11 Å². The molecular weight excluding hydrogens is 183 g/mol. The van der Waals surface area contributed by atoms with Crippen molar-refractivity contribution >= 4 is 17.3 Å². The topological polar surface area (TPSA) is 46.5 Å². The number of thiophene rings is 1. The van der Waals surface area contributed by atoms with Gasteiger partial charge in [0.1, 0.15) is 0 Å². The van der Waals surface area contributed by atoms with Gasteiger partial charge in [0, 0.05) is 12.7 Å². The van der Waals surface area contributed by atoms with Crippen molar-refractivity contribution in [2.24, 2.45) is 0 Å². The predicted octanol–water partition coefficient (Wildman–Crippen LogP) is 1.66. The molecule has 1 aromatic rings. The average Bonchev–Trinajstić information content (AvgIpc) is 2.38. The molecule has 0 fully saturated rings. The van der Waals surface area contributed by atoms with E-state index in [9.17, 15) is 9.18 Å². The highest BCUT2D eigenvalue weighted by Crippen LogP contribution is 2.24. The van der Waals surface area contributed by atoms with Crippen LogP contribution in [0, 0.1) is 5.13 Å². The second-order valence-electron chi connectivity index (χ2n) is 2.10. The molecule has 0 spiro atoms. The Labute approximate surface area is 72.4 Å². The van der Waals surface area contributed by atoms with Crippen molar-refractivity contribution < 1.29 is 19.0 Å². The molecule has 0 aromatic carbocycles. The lowest BCUT2D eigenvalue weighted by atomic mass is 10.2. The van der Waals surface area contributed by atoms with Gasteiger partial charge in [-0.2, -0.15) is 4.39 Å². The van der Waals surface area contributed by atoms with Gasteiger partial charge in [-0.1, -0.05) is 0 Å². The number of carboxylic acids is 1. The molecule has 0 bridgehead atoms. The Bertz CT molecular complexity index is 284. The summed E-state index contributed by atoms with van der Waals surface area (Å²) in [6.07, 6.45) is -1.20. The van der Waals surface area contributed by atoms with E-state index in [1.54, 1.807) is 0 Å². The van der Waals surface area contributed by atoms with Crippen molar-refractivity contribution in [2.45, 2.75) is 6.10 Å². The van der Waals surface area contributed by atoms with Crippen LogP contribution in [0.25, 0.3) is 0 Å². The van der Waals surface area contributed by atoms with Crippen LogP contribution in [-0.2, 0) is 9.53 Å². The maximum absolute atomic E-state index is 12.8. The summed E-state index contributed by atoms with van der Waals surface area (Å²) in [6, 6.07) is 1.41. The SMILES string of the molecule is COC(C(=O)O)c1ccsc1F. The molecule has 1 aromatic heterocycles. The zero-order valence-electron chi connectivity index (χ0n) is 6.28. The minimum absolute atomic E-state index is 0.0787. The third kappa shape index (κ3) is 1.62. The van der Waals surface area contributed by atoms with Gasteiger partial charge >= 0.3 is 5.97 Å². The molecule has 1 rings (SSSR count). The van der Waals surface area contributed by atoms with Crippen LogP contribution >= 0.6 is 11.3 Å². The lowest BCUT2D eigenvalue weighted by Crippen LogP contribution is -2.13. The van der Waals surface area contributed by atoms with Gasteiger partial charge in [-0.3, -0.25) is 0 Å². The fraction of sp³-hybridized carbons (Fsp3) is 0.286. The summed E-state index contributed by atoms with van der Waals surface area (Å²) in [5.74, 6) is -1.19. The Hall–Kier alpha value is -0.940. The molecule has 0 aliphatic rings. The highest BCUT2D eigenvalue weighted by Gasteiger charge is 2.22. The van der Waals surface area contributed by atoms with E-state index in [2.05, 4.69) is 4.74 Å². The standard InChI is InChI=1S/C7H7FO3S/c1-11-5(7(9)10)4-2-3-12-6(4)8/h2-3,5H,1H3,(H,9,10). The van der Waals surface area contributed by atoms with Crippen molar-refractivity contribution in [1.82, 2.24) is 0 Å². The van der Waals surface area contributed by atoms with E-state index < -0.39 is 17.2 Å². The van der Waals surface area contributed by atoms with Crippen LogP contribution in [-0.4, -0.2) is 18.2 Å². The summed E-state index contributed by atoms with van der Waals surface area (Å²) in [5.41, 5.74) is 0.0787.